The van der Waals surface area contributed by atoms with Crippen LogP contribution in [0.3, 0.4) is 0 Å². The van der Waals surface area contributed by atoms with Crippen LogP contribution in [-0.2, 0) is 11.2 Å². The minimum atomic E-state index is -0.369. The highest BCUT2D eigenvalue weighted by molar-refractivity contribution is 5.79. The molecule has 0 spiro atoms. The summed E-state index contributed by atoms with van der Waals surface area (Å²) in [5.74, 6) is 0.755. The van der Waals surface area contributed by atoms with Gasteiger partial charge in [-0.3, -0.25) is 4.79 Å². The van der Waals surface area contributed by atoms with Crippen LogP contribution >= 0.6 is 0 Å². The molecule has 1 saturated carbocycles. The Morgan fingerprint density at radius 1 is 1.47 bits per heavy atom. The van der Waals surface area contributed by atoms with Crippen molar-refractivity contribution in [1.82, 2.24) is 5.32 Å². The maximum Gasteiger partial charge on any atom is 0.224 e. The van der Waals surface area contributed by atoms with E-state index < -0.39 is 0 Å². The van der Waals surface area contributed by atoms with Crippen LogP contribution in [0.4, 0.5) is 0 Å². The van der Waals surface area contributed by atoms with Crippen LogP contribution in [0, 0.1) is 6.92 Å². The first-order chi connectivity index (χ1) is 9.08. The molecule has 0 unspecified atom stereocenters. The fourth-order valence-electron chi connectivity index (χ4n) is 2.43. The molecule has 0 atom stereocenters. The number of rotatable bonds is 5. The van der Waals surface area contributed by atoms with Crippen LogP contribution < -0.4 is 10.1 Å². The van der Waals surface area contributed by atoms with Crippen LogP contribution in [0.5, 0.6) is 5.75 Å². The van der Waals surface area contributed by atoms with Gasteiger partial charge in [-0.1, -0.05) is 12.1 Å². The summed E-state index contributed by atoms with van der Waals surface area (Å²) in [5.41, 5.74) is 1.61. The molecule has 0 saturated heterocycles. The van der Waals surface area contributed by atoms with Gasteiger partial charge in [-0.2, -0.15) is 0 Å². The molecular weight excluding hydrogens is 242 g/mol. The van der Waals surface area contributed by atoms with E-state index in [9.17, 15) is 9.90 Å². The van der Waals surface area contributed by atoms with Gasteiger partial charge in [0.25, 0.3) is 0 Å². The highest BCUT2D eigenvalue weighted by Crippen LogP contribution is 2.31. The molecule has 2 N–H and O–H groups in total. The fourth-order valence-corrected chi connectivity index (χ4v) is 2.43. The molecule has 1 aliphatic carbocycles. The van der Waals surface area contributed by atoms with Crippen molar-refractivity contribution < 1.29 is 14.6 Å². The molecule has 1 aliphatic rings. The number of aliphatic hydroxyl groups excluding tert-OH is 1. The number of aryl methyl sites for hydroxylation is 1. The summed E-state index contributed by atoms with van der Waals surface area (Å²) in [4.78, 5) is 12.0. The summed E-state index contributed by atoms with van der Waals surface area (Å²) in [6.45, 7) is 1.99. The Labute approximate surface area is 113 Å². The van der Waals surface area contributed by atoms with Gasteiger partial charge >= 0.3 is 0 Å². The predicted octanol–water partition coefficient (Wildman–Crippen LogP) is 1.58. The van der Waals surface area contributed by atoms with Crippen molar-refractivity contribution in [3.63, 3.8) is 0 Å². The van der Waals surface area contributed by atoms with Gasteiger partial charge in [0.1, 0.15) is 5.75 Å². The molecule has 4 nitrogen and oxygen atoms in total. The third-order valence-electron chi connectivity index (χ3n) is 3.86. The minimum absolute atomic E-state index is 0.0238. The summed E-state index contributed by atoms with van der Waals surface area (Å²) in [7, 11) is 1.63. The zero-order valence-corrected chi connectivity index (χ0v) is 11.5. The molecule has 0 heterocycles. The van der Waals surface area contributed by atoms with Crippen LogP contribution in [0.15, 0.2) is 18.2 Å². The van der Waals surface area contributed by atoms with E-state index in [4.69, 9.17) is 4.74 Å². The van der Waals surface area contributed by atoms with E-state index in [0.717, 1.165) is 36.1 Å². The van der Waals surface area contributed by atoms with Crippen molar-refractivity contribution in [2.45, 2.75) is 38.1 Å². The Kier molecular flexibility index (Phi) is 4.10. The summed E-state index contributed by atoms with van der Waals surface area (Å²) >= 11 is 0. The standard InChI is InChI=1S/C15H21NO3/c1-11-4-5-12(8-13(11)19-2)9-14(18)16-15(10-17)6-3-7-15/h4-5,8,17H,3,6-7,9-10H2,1-2H3,(H,16,18). The zero-order valence-electron chi connectivity index (χ0n) is 11.5. The third kappa shape index (κ3) is 3.07. The topological polar surface area (TPSA) is 58.6 Å². The van der Waals surface area contributed by atoms with Gasteiger partial charge < -0.3 is 15.2 Å². The maximum atomic E-state index is 12.0. The largest absolute Gasteiger partial charge is 0.496 e. The van der Waals surface area contributed by atoms with Crippen LogP contribution in [0.25, 0.3) is 0 Å². The van der Waals surface area contributed by atoms with E-state index in [0.29, 0.717) is 6.42 Å². The Hall–Kier alpha value is -1.55. The van der Waals surface area contributed by atoms with Crippen molar-refractivity contribution in [2.24, 2.45) is 0 Å². The lowest BCUT2D eigenvalue weighted by Gasteiger charge is -2.41. The normalized spacial score (nSPS) is 16.6. The Morgan fingerprint density at radius 2 is 2.21 bits per heavy atom. The number of aliphatic hydroxyl groups is 1. The molecule has 1 amide bonds. The van der Waals surface area contributed by atoms with E-state index >= 15 is 0 Å². The fraction of sp³-hybridized carbons (Fsp3) is 0.533. The number of hydrogen-bond acceptors (Lipinski definition) is 3. The quantitative estimate of drug-likeness (QED) is 0.848. The molecule has 4 heteroatoms. The number of amides is 1. The lowest BCUT2D eigenvalue weighted by atomic mass is 9.77. The molecule has 1 aromatic rings. The Morgan fingerprint density at radius 3 is 2.74 bits per heavy atom. The SMILES string of the molecule is COc1cc(CC(=O)NC2(CO)CCC2)ccc1C. The van der Waals surface area contributed by atoms with E-state index in [2.05, 4.69) is 5.32 Å². The molecule has 0 aliphatic heterocycles. The molecule has 0 bridgehead atoms. The van der Waals surface area contributed by atoms with E-state index in [-0.39, 0.29) is 18.1 Å². The number of nitrogens with one attached hydrogen (secondary N) is 1. The Bertz CT molecular complexity index is 461. The molecule has 19 heavy (non-hydrogen) atoms. The van der Waals surface area contributed by atoms with Crippen LogP contribution in [0.2, 0.25) is 0 Å². The van der Waals surface area contributed by atoms with Crippen molar-refractivity contribution in [1.29, 1.82) is 0 Å². The molecule has 2 rings (SSSR count). The van der Waals surface area contributed by atoms with Gasteiger partial charge in [0.2, 0.25) is 5.91 Å². The van der Waals surface area contributed by atoms with E-state index in [1.807, 2.05) is 25.1 Å². The van der Waals surface area contributed by atoms with Crippen molar-refractivity contribution in [3.05, 3.63) is 29.3 Å². The molecule has 0 aromatic heterocycles. The maximum absolute atomic E-state index is 12.0. The number of carbonyl (C=O) groups excluding carboxylic acids is 1. The van der Waals surface area contributed by atoms with Crippen molar-refractivity contribution in [2.75, 3.05) is 13.7 Å². The second-order valence-electron chi connectivity index (χ2n) is 5.32. The number of carbonyl (C=O) groups is 1. The summed E-state index contributed by atoms with van der Waals surface area (Å²) < 4.78 is 5.25. The van der Waals surface area contributed by atoms with Gasteiger partial charge in [0, 0.05) is 0 Å². The first-order valence-corrected chi connectivity index (χ1v) is 6.64. The number of ether oxygens (including phenoxy) is 1. The molecule has 104 valence electrons. The number of methoxy groups -OCH3 is 1. The highest BCUT2D eigenvalue weighted by atomic mass is 16.5. The first kappa shape index (κ1) is 13.9. The lowest BCUT2D eigenvalue weighted by molar-refractivity contribution is -0.124. The van der Waals surface area contributed by atoms with Gasteiger partial charge in [0.05, 0.1) is 25.7 Å². The predicted molar refractivity (Wildman–Crippen MR) is 73.2 cm³/mol. The smallest absolute Gasteiger partial charge is 0.224 e. The lowest BCUT2D eigenvalue weighted by Crippen LogP contribution is -2.56. The molecule has 1 fully saturated rings. The van der Waals surface area contributed by atoms with Gasteiger partial charge in [0.15, 0.2) is 0 Å². The minimum Gasteiger partial charge on any atom is -0.496 e. The average Bonchev–Trinajstić information content (AvgIpc) is 2.36. The van der Waals surface area contributed by atoms with E-state index in [1.54, 1.807) is 7.11 Å². The average molecular weight is 263 g/mol. The zero-order chi connectivity index (χ0) is 13.9. The third-order valence-corrected chi connectivity index (χ3v) is 3.86. The summed E-state index contributed by atoms with van der Waals surface area (Å²) in [5, 5.41) is 12.3. The van der Waals surface area contributed by atoms with Crippen molar-refractivity contribution >= 4 is 5.91 Å². The number of benzene rings is 1. The highest BCUT2D eigenvalue weighted by Gasteiger charge is 2.37. The van der Waals surface area contributed by atoms with Gasteiger partial charge in [-0.25, -0.2) is 0 Å². The first-order valence-electron chi connectivity index (χ1n) is 6.64. The number of hydrogen-bond donors (Lipinski definition) is 2. The van der Waals surface area contributed by atoms with E-state index in [1.165, 1.54) is 0 Å². The monoisotopic (exact) mass is 263 g/mol. The molecular formula is C15H21NO3. The van der Waals surface area contributed by atoms with Gasteiger partial charge in [-0.05, 0) is 43.4 Å². The molecule has 1 aromatic carbocycles. The summed E-state index contributed by atoms with van der Waals surface area (Å²) in [6.07, 6.45) is 3.12. The second-order valence-corrected chi connectivity index (χ2v) is 5.32. The van der Waals surface area contributed by atoms with Crippen LogP contribution in [0.1, 0.15) is 30.4 Å². The van der Waals surface area contributed by atoms with Crippen molar-refractivity contribution in [3.8, 4) is 5.75 Å². The van der Waals surface area contributed by atoms with Gasteiger partial charge in [-0.15, -0.1) is 0 Å². The summed E-state index contributed by atoms with van der Waals surface area (Å²) in [6, 6.07) is 5.78. The Balaban J connectivity index is 1.99. The van der Waals surface area contributed by atoms with Crippen LogP contribution in [-0.4, -0.2) is 30.3 Å². The molecule has 0 radical (unpaired) electrons. The second kappa shape index (κ2) is 5.61.